The number of carbonyl (C=O) groups excluding carboxylic acids is 1. The minimum Gasteiger partial charge on any atom is -0.394 e. The molecule has 0 heterocycles. The van der Waals surface area contributed by atoms with Crippen molar-refractivity contribution in [2.24, 2.45) is 0 Å². The number of urea groups is 1. The molecule has 0 aliphatic heterocycles. The molecule has 0 saturated heterocycles. The van der Waals surface area contributed by atoms with E-state index >= 15 is 0 Å². The molecular formula is C14H20N2O2. The fraction of sp³-hybridized carbons (Fsp3) is 0.500. The first-order valence-corrected chi connectivity index (χ1v) is 6.40. The van der Waals surface area contributed by atoms with Crippen LogP contribution in [-0.2, 0) is 0 Å². The number of amides is 2. The zero-order valence-corrected chi connectivity index (χ0v) is 10.7. The minimum atomic E-state index is -0.423. The van der Waals surface area contributed by atoms with Gasteiger partial charge in [-0.1, -0.05) is 25.0 Å². The number of hydrogen-bond acceptors (Lipinski definition) is 2. The first kappa shape index (κ1) is 12.9. The number of aliphatic hydroxyl groups excluding tert-OH is 1. The number of aliphatic hydroxyl groups is 1. The molecule has 4 nitrogen and oxygen atoms in total. The van der Waals surface area contributed by atoms with Crippen LogP contribution in [-0.4, -0.2) is 23.3 Å². The van der Waals surface area contributed by atoms with Crippen LogP contribution in [0.4, 0.5) is 10.5 Å². The molecule has 0 radical (unpaired) electrons. The van der Waals surface area contributed by atoms with Crippen LogP contribution in [0.3, 0.4) is 0 Å². The standard InChI is InChI=1S/C14H20N2O2/c1-11-5-4-6-12(9-11)15-13(18)16-14(10-17)7-2-3-8-14/h4-6,9,17H,2-3,7-8,10H2,1H3,(H2,15,16,18). The van der Waals surface area contributed by atoms with Crippen LogP contribution in [0.5, 0.6) is 0 Å². The topological polar surface area (TPSA) is 61.4 Å². The van der Waals surface area contributed by atoms with E-state index in [1.54, 1.807) is 0 Å². The lowest BCUT2D eigenvalue weighted by Crippen LogP contribution is -2.50. The molecule has 0 bridgehead atoms. The van der Waals surface area contributed by atoms with Gasteiger partial charge in [0.25, 0.3) is 0 Å². The molecule has 0 atom stereocenters. The smallest absolute Gasteiger partial charge is 0.319 e. The molecule has 0 spiro atoms. The van der Waals surface area contributed by atoms with Crippen LogP contribution in [0.1, 0.15) is 31.2 Å². The third kappa shape index (κ3) is 3.01. The SMILES string of the molecule is Cc1cccc(NC(=O)NC2(CO)CCCC2)c1. The largest absolute Gasteiger partial charge is 0.394 e. The van der Waals surface area contributed by atoms with E-state index in [9.17, 15) is 9.90 Å². The van der Waals surface area contributed by atoms with E-state index in [-0.39, 0.29) is 12.6 Å². The summed E-state index contributed by atoms with van der Waals surface area (Å²) in [6.45, 7) is 1.99. The highest BCUT2D eigenvalue weighted by molar-refractivity contribution is 5.89. The van der Waals surface area contributed by atoms with Crippen molar-refractivity contribution >= 4 is 11.7 Å². The average molecular weight is 248 g/mol. The van der Waals surface area contributed by atoms with Gasteiger partial charge in [0.2, 0.25) is 0 Å². The van der Waals surface area contributed by atoms with Gasteiger partial charge >= 0.3 is 6.03 Å². The fourth-order valence-corrected chi connectivity index (χ4v) is 2.50. The predicted octanol–water partition coefficient (Wildman–Crippen LogP) is 2.42. The van der Waals surface area contributed by atoms with Gasteiger partial charge in [-0.25, -0.2) is 4.79 Å². The highest BCUT2D eigenvalue weighted by Crippen LogP contribution is 2.29. The Morgan fingerprint density at radius 3 is 2.72 bits per heavy atom. The van der Waals surface area contributed by atoms with E-state index in [0.717, 1.165) is 36.9 Å². The summed E-state index contributed by atoms with van der Waals surface area (Å²) in [4.78, 5) is 11.9. The van der Waals surface area contributed by atoms with Crippen LogP contribution in [0, 0.1) is 6.92 Å². The Bertz CT molecular complexity index is 426. The molecule has 4 heteroatoms. The van der Waals surface area contributed by atoms with Crippen molar-refractivity contribution in [3.05, 3.63) is 29.8 Å². The molecule has 1 saturated carbocycles. The van der Waals surface area contributed by atoms with Crippen LogP contribution >= 0.6 is 0 Å². The quantitative estimate of drug-likeness (QED) is 0.769. The van der Waals surface area contributed by atoms with Gasteiger partial charge < -0.3 is 15.7 Å². The number of rotatable bonds is 3. The first-order valence-electron chi connectivity index (χ1n) is 6.40. The van der Waals surface area contributed by atoms with E-state index in [2.05, 4.69) is 10.6 Å². The normalized spacial score (nSPS) is 17.4. The Hall–Kier alpha value is -1.55. The van der Waals surface area contributed by atoms with Crippen molar-refractivity contribution in [1.29, 1.82) is 0 Å². The lowest BCUT2D eigenvalue weighted by atomic mass is 9.99. The molecule has 1 aliphatic carbocycles. The molecule has 0 unspecified atom stereocenters. The van der Waals surface area contributed by atoms with Crippen molar-refractivity contribution in [1.82, 2.24) is 5.32 Å². The molecule has 0 aromatic heterocycles. The second-order valence-corrected chi connectivity index (χ2v) is 5.09. The molecule has 3 N–H and O–H groups in total. The molecule has 2 amide bonds. The highest BCUT2D eigenvalue weighted by atomic mass is 16.3. The van der Waals surface area contributed by atoms with Crippen molar-refractivity contribution in [2.75, 3.05) is 11.9 Å². The Morgan fingerprint density at radius 1 is 1.39 bits per heavy atom. The summed E-state index contributed by atoms with van der Waals surface area (Å²) in [5, 5.41) is 15.2. The maximum Gasteiger partial charge on any atom is 0.319 e. The molecule has 1 fully saturated rings. The maximum absolute atomic E-state index is 11.9. The van der Waals surface area contributed by atoms with E-state index in [1.807, 2.05) is 31.2 Å². The predicted molar refractivity (Wildman–Crippen MR) is 71.6 cm³/mol. The lowest BCUT2D eigenvalue weighted by Gasteiger charge is -2.28. The van der Waals surface area contributed by atoms with Gasteiger partial charge in [-0.15, -0.1) is 0 Å². The summed E-state index contributed by atoms with van der Waals surface area (Å²) in [5.41, 5.74) is 1.46. The molecule has 2 rings (SSSR count). The summed E-state index contributed by atoms with van der Waals surface area (Å²) < 4.78 is 0. The highest BCUT2D eigenvalue weighted by Gasteiger charge is 2.34. The van der Waals surface area contributed by atoms with E-state index in [0.29, 0.717) is 0 Å². The van der Waals surface area contributed by atoms with Crippen molar-refractivity contribution < 1.29 is 9.90 Å². The van der Waals surface area contributed by atoms with Crippen LogP contribution in [0.25, 0.3) is 0 Å². The Kier molecular flexibility index (Phi) is 3.87. The monoisotopic (exact) mass is 248 g/mol. The third-order valence-electron chi connectivity index (χ3n) is 3.52. The van der Waals surface area contributed by atoms with E-state index < -0.39 is 5.54 Å². The number of anilines is 1. The number of carbonyl (C=O) groups is 1. The number of aryl methyl sites for hydroxylation is 1. The van der Waals surface area contributed by atoms with Gasteiger partial charge in [-0.2, -0.15) is 0 Å². The Balaban J connectivity index is 1.96. The number of hydrogen-bond donors (Lipinski definition) is 3. The maximum atomic E-state index is 11.9. The summed E-state index contributed by atoms with van der Waals surface area (Å²) >= 11 is 0. The molecule has 1 aromatic carbocycles. The summed E-state index contributed by atoms with van der Waals surface area (Å²) in [7, 11) is 0. The van der Waals surface area contributed by atoms with Gasteiger partial charge in [-0.05, 0) is 37.5 Å². The lowest BCUT2D eigenvalue weighted by molar-refractivity contribution is 0.167. The first-order chi connectivity index (χ1) is 8.63. The average Bonchev–Trinajstić information content (AvgIpc) is 2.78. The molecule has 1 aliphatic rings. The fourth-order valence-electron chi connectivity index (χ4n) is 2.50. The summed E-state index contributed by atoms with van der Waals surface area (Å²) in [6, 6.07) is 7.42. The zero-order valence-electron chi connectivity index (χ0n) is 10.7. The number of nitrogens with one attached hydrogen (secondary N) is 2. The van der Waals surface area contributed by atoms with Crippen LogP contribution in [0.15, 0.2) is 24.3 Å². The number of benzene rings is 1. The third-order valence-corrected chi connectivity index (χ3v) is 3.52. The van der Waals surface area contributed by atoms with Gasteiger partial charge in [0.1, 0.15) is 0 Å². The van der Waals surface area contributed by atoms with Gasteiger partial charge in [0, 0.05) is 5.69 Å². The van der Waals surface area contributed by atoms with E-state index in [1.165, 1.54) is 0 Å². The van der Waals surface area contributed by atoms with Crippen LogP contribution < -0.4 is 10.6 Å². The van der Waals surface area contributed by atoms with Crippen molar-refractivity contribution in [3.8, 4) is 0 Å². The zero-order chi connectivity index (χ0) is 13.0. The Morgan fingerprint density at radius 2 is 2.11 bits per heavy atom. The second kappa shape index (κ2) is 5.40. The second-order valence-electron chi connectivity index (χ2n) is 5.09. The Labute approximate surface area is 107 Å². The van der Waals surface area contributed by atoms with Gasteiger partial charge in [0.15, 0.2) is 0 Å². The summed E-state index contributed by atoms with van der Waals surface area (Å²) in [6.07, 6.45) is 3.83. The van der Waals surface area contributed by atoms with Crippen molar-refractivity contribution in [2.45, 2.75) is 38.1 Å². The molecule has 18 heavy (non-hydrogen) atoms. The van der Waals surface area contributed by atoms with E-state index in [4.69, 9.17) is 0 Å². The molecular weight excluding hydrogens is 228 g/mol. The minimum absolute atomic E-state index is 0.00817. The van der Waals surface area contributed by atoms with Crippen LogP contribution in [0.2, 0.25) is 0 Å². The van der Waals surface area contributed by atoms with Gasteiger partial charge in [0.05, 0.1) is 12.1 Å². The van der Waals surface area contributed by atoms with Gasteiger partial charge in [-0.3, -0.25) is 0 Å². The summed E-state index contributed by atoms with van der Waals surface area (Å²) in [5.74, 6) is 0. The van der Waals surface area contributed by atoms with Crippen molar-refractivity contribution in [3.63, 3.8) is 0 Å². The molecule has 98 valence electrons. The molecule has 1 aromatic rings.